The van der Waals surface area contributed by atoms with Crippen LogP contribution in [0.4, 0.5) is 0 Å². The molecule has 0 spiro atoms. The van der Waals surface area contributed by atoms with Gasteiger partial charge in [0.25, 0.3) is 0 Å². The highest BCUT2D eigenvalue weighted by molar-refractivity contribution is 6.25. The summed E-state index contributed by atoms with van der Waals surface area (Å²) in [7, 11) is 0. The summed E-state index contributed by atoms with van der Waals surface area (Å²) in [4.78, 5) is 10.9. The standard InChI is InChI=1S/C10H15ClO/c1-8(5-11)4-10(7-12)6-9(10,2)3/h5,7H,4,6H2,1-3H3/b8-5+. The number of allylic oxidation sites excluding steroid dienone is 1. The molecule has 0 heterocycles. The lowest BCUT2D eigenvalue weighted by Crippen LogP contribution is -2.10. The van der Waals surface area contributed by atoms with E-state index in [-0.39, 0.29) is 10.8 Å². The van der Waals surface area contributed by atoms with Crippen LogP contribution < -0.4 is 0 Å². The Morgan fingerprint density at radius 1 is 1.58 bits per heavy atom. The fourth-order valence-electron chi connectivity index (χ4n) is 1.83. The Bertz CT molecular complexity index is 230. The smallest absolute Gasteiger partial charge is 0.127 e. The molecule has 0 aliphatic heterocycles. The van der Waals surface area contributed by atoms with Gasteiger partial charge in [-0.1, -0.05) is 31.0 Å². The predicted octanol–water partition coefficient (Wildman–Crippen LogP) is 3.13. The molecule has 0 aromatic carbocycles. The lowest BCUT2D eigenvalue weighted by Gasteiger charge is -2.12. The van der Waals surface area contributed by atoms with E-state index < -0.39 is 0 Å². The zero-order valence-electron chi connectivity index (χ0n) is 7.86. The van der Waals surface area contributed by atoms with Gasteiger partial charge in [-0.25, -0.2) is 0 Å². The summed E-state index contributed by atoms with van der Waals surface area (Å²) in [6.07, 6.45) is 2.90. The average molecular weight is 187 g/mol. The molecule has 1 saturated carbocycles. The fraction of sp³-hybridized carbons (Fsp3) is 0.700. The van der Waals surface area contributed by atoms with Crippen LogP contribution in [-0.4, -0.2) is 6.29 Å². The third-order valence-corrected chi connectivity index (χ3v) is 3.36. The highest BCUT2D eigenvalue weighted by atomic mass is 35.5. The van der Waals surface area contributed by atoms with Crippen molar-refractivity contribution in [2.45, 2.75) is 33.6 Å². The lowest BCUT2D eigenvalue weighted by molar-refractivity contribution is -0.113. The predicted molar refractivity (Wildman–Crippen MR) is 51.1 cm³/mol. The van der Waals surface area contributed by atoms with Gasteiger partial charge in [0.1, 0.15) is 6.29 Å². The van der Waals surface area contributed by atoms with E-state index in [1.54, 1.807) is 5.54 Å². The van der Waals surface area contributed by atoms with Crippen LogP contribution in [0.1, 0.15) is 33.6 Å². The maximum atomic E-state index is 10.9. The Morgan fingerprint density at radius 3 is 2.33 bits per heavy atom. The number of carbonyl (C=O) groups excluding carboxylic acids is 1. The summed E-state index contributed by atoms with van der Waals surface area (Å²) in [5.41, 5.74) is 2.72. The average Bonchev–Trinajstić information content (AvgIpc) is 2.54. The van der Waals surface area contributed by atoms with Crippen LogP contribution in [0.15, 0.2) is 11.1 Å². The molecule has 1 rings (SSSR count). The second kappa shape index (κ2) is 2.88. The molecule has 0 aromatic rings. The van der Waals surface area contributed by atoms with E-state index in [0.717, 1.165) is 24.7 Å². The summed E-state index contributed by atoms with van der Waals surface area (Å²) < 4.78 is 0. The normalized spacial score (nSPS) is 33.2. The second-order valence-electron chi connectivity index (χ2n) is 4.47. The molecule has 12 heavy (non-hydrogen) atoms. The molecule has 0 amide bonds. The van der Waals surface area contributed by atoms with E-state index in [1.807, 2.05) is 6.92 Å². The monoisotopic (exact) mass is 186 g/mol. The van der Waals surface area contributed by atoms with Crippen LogP contribution in [-0.2, 0) is 4.79 Å². The molecule has 1 atom stereocenters. The molecule has 1 aliphatic carbocycles. The van der Waals surface area contributed by atoms with Gasteiger partial charge in [-0.3, -0.25) is 0 Å². The molecule has 1 fully saturated rings. The van der Waals surface area contributed by atoms with Gasteiger partial charge in [0.15, 0.2) is 0 Å². The minimum absolute atomic E-state index is 0.123. The summed E-state index contributed by atoms with van der Waals surface area (Å²) in [6, 6.07) is 0. The minimum atomic E-state index is -0.123. The third kappa shape index (κ3) is 1.42. The van der Waals surface area contributed by atoms with Crippen molar-refractivity contribution in [2.24, 2.45) is 10.8 Å². The van der Waals surface area contributed by atoms with Crippen LogP contribution in [0.2, 0.25) is 0 Å². The van der Waals surface area contributed by atoms with Crippen molar-refractivity contribution < 1.29 is 4.79 Å². The zero-order valence-corrected chi connectivity index (χ0v) is 8.61. The van der Waals surface area contributed by atoms with E-state index >= 15 is 0 Å². The van der Waals surface area contributed by atoms with Gasteiger partial charge in [0.05, 0.1) is 0 Å². The molecule has 0 aromatic heterocycles. The maximum Gasteiger partial charge on any atom is 0.127 e. The molecule has 0 N–H and O–H groups in total. The van der Waals surface area contributed by atoms with Crippen LogP contribution >= 0.6 is 11.6 Å². The van der Waals surface area contributed by atoms with Crippen molar-refractivity contribution in [3.8, 4) is 0 Å². The Hall–Kier alpha value is -0.300. The Kier molecular flexibility index (Phi) is 2.35. The lowest BCUT2D eigenvalue weighted by atomic mass is 9.91. The van der Waals surface area contributed by atoms with Gasteiger partial charge in [-0.2, -0.15) is 0 Å². The van der Waals surface area contributed by atoms with Gasteiger partial charge in [0, 0.05) is 11.0 Å². The minimum Gasteiger partial charge on any atom is -0.303 e. The summed E-state index contributed by atoms with van der Waals surface area (Å²) in [5, 5.41) is 0. The molecule has 0 bridgehead atoms. The van der Waals surface area contributed by atoms with E-state index in [0.29, 0.717) is 0 Å². The molecule has 68 valence electrons. The highest BCUT2D eigenvalue weighted by Crippen LogP contribution is 2.64. The molecule has 1 unspecified atom stereocenters. The van der Waals surface area contributed by atoms with E-state index in [2.05, 4.69) is 13.8 Å². The first-order chi connectivity index (χ1) is 5.47. The Morgan fingerprint density at radius 2 is 2.08 bits per heavy atom. The van der Waals surface area contributed by atoms with Crippen molar-refractivity contribution >= 4 is 17.9 Å². The SMILES string of the molecule is C/C(=C\Cl)CC1(C=O)CC1(C)C. The number of halogens is 1. The quantitative estimate of drug-likeness (QED) is 0.619. The summed E-state index contributed by atoms with van der Waals surface area (Å²) >= 11 is 5.56. The van der Waals surface area contributed by atoms with E-state index in [9.17, 15) is 4.79 Å². The number of hydrogen-bond acceptors (Lipinski definition) is 1. The Labute approximate surface area is 78.8 Å². The van der Waals surface area contributed by atoms with Crippen LogP contribution in [0.3, 0.4) is 0 Å². The van der Waals surface area contributed by atoms with Crippen molar-refractivity contribution in [1.82, 2.24) is 0 Å². The van der Waals surface area contributed by atoms with Crippen molar-refractivity contribution in [3.63, 3.8) is 0 Å². The molecular formula is C10H15ClO. The van der Waals surface area contributed by atoms with Crippen LogP contribution in [0.25, 0.3) is 0 Å². The fourth-order valence-corrected chi connectivity index (χ4v) is 1.90. The Balaban J connectivity index is 2.68. The second-order valence-corrected chi connectivity index (χ2v) is 4.69. The first-order valence-electron chi connectivity index (χ1n) is 4.20. The highest BCUT2D eigenvalue weighted by Gasteiger charge is 2.60. The molecule has 1 aliphatic rings. The third-order valence-electron chi connectivity index (χ3n) is 2.99. The van der Waals surface area contributed by atoms with Gasteiger partial charge in [-0.05, 0) is 25.2 Å². The maximum absolute atomic E-state index is 10.9. The number of aldehydes is 1. The zero-order chi connectivity index (χ0) is 9.41. The molecule has 0 saturated heterocycles. The largest absolute Gasteiger partial charge is 0.303 e. The molecule has 2 heteroatoms. The van der Waals surface area contributed by atoms with Crippen molar-refractivity contribution in [1.29, 1.82) is 0 Å². The molecule has 1 nitrogen and oxygen atoms in total. The van der Waals surface area contributed by atoms with Gasteiger partial charge >= 0.3 is 0 Å². The first-order valence-corrected chi connectivity index (χ1v) is 4.63. The first kappa shape index (κ1) is 9.79. The number of hydrogen-bond donors (Lipinski definition) is 0. The van der Waals surface area contributed by atoms with Gasteiger partial charge in [0.2, 0.25) is 0 Å². The summed E-state index contributed by atoms with van der Waals surface area (Å²) in [6.45, 7) is 6.22. The van der Waals surface area contributed by atoms with E-state index in [4.69, 9.17) is 11.6 Å². The summed E-state index contributed by atoms with van der Waals surface area (Å²) in [5.74, 6) is 0. The van der Waals surface area contributed by atoms with Crippen LogP contribution in [0, 0.1) is 10.8 Å². The van der Waals surface area contributed by atoms with Gasteiger partial charge < -0.3 is 4.79 Å². The van der Waals surface area contributed by atoms with Crippen LogP contribution in [0.5, 0.6) is 0 Å². The van der Waals surface area contributed by atoms with E-state index in [1.165, 1.54) is 0 Å². The van der Waals surface area contributed by atoms with Gasteiger partial charge in [-0.15, -0.1) is 0 Å². The number of carbonyl (C=O) groups is 1. The molecular weight excluding hydrogens is 172 g/mol. The molecule has 0 radical (unpaired) electrons. The van der Waals surface area contributed by atoms with Crippen molar-refractivity contribution in [3.05, 3.63) is 11.1 Å². The topological polar surface area (TPSA) is 17.1 Å². The number of rotatable bonds is 3. The van der Waals surface area contributed by atoms with Crippen molar-refractivity contribution in [2.75, 3.05) is 0 Å².